The van der Waals surface area contributed by atoms with Gasteiger partial charge in [-0.25, -0.2) is 8.42 Å². The van der Waals surface area contributed by atoms with E-state index >= 15 is 0 Å². The van der Waals surface area contributed by atoms with Crippen molar-refractivity contribution in [3.8, 4) is 5.75 Å². The lowest BCUT2D eigenvalue weighted by Gasteiger charge is -2.29. The second-order valence-electron chi connectivity index (χ2n) is 6.81. The number of carbonyl (C=O) groups is 1. The molecule has 0 atom stereocenters. The lowest BCUT2D eigenvalue weighted by molar-refractivity contribution is -0.116. The molecule has 2 aromatic carbocycles. The number of carbonyl (C=O) groups excluding carboxylic acids is 1. The van der Waals surface area contributed by atoms with Gasteiger partial charge in [0.2, 0.25) is 5.91 Å². The van der Waals surface area contributed by atoms with Gasteiger partial charge >= 0.3 is 0 Å². The number of benzene rings is 2. The van der Waals surface area contributed by atoms with Gasteiger partial charge in [0.15, 0.2) is 0 Å². The molecule has 0 unspecified atom stereocenters. The number of nitrogens with zero attached hydrogens (tertiary/aromatic N) is 1. The summed E-state index contributed by atoms with van der Waals surface area (Å²) in [6.07, 6.45) is 1.66. The van der Waals surface area contributed by atoms with Crippen LogP contribution in [0.5, 0.6) is 5.75 Å². The molecule has 0 fully saturated rings. The predicted octanol–water partition coefficient (Wildman–Crippen LogP) is 3.41. The molecular weight excluding hydrogens is 364 g/mol. The Morgan fingerprint density at radius 1 is 1.15 bits per heavy atom. The van der Waals surface area contributed by atoms with E-state index in [1.54, 1.807) is 35.2 Å². The molecule has 0 saturated heterocycles. The number of sulfonamides is 1. The first-order valence-corrected chi connectivity index (χ1v) is 10.3. The lowest BCUT2D eigenvalue weighted by atomic mass is 10.0. The molecule has 1 aliphatic rings. The van der Waals surface area contributed by atoms with E-state index in [4.69, 9.17) is 4.74 Å². The van der Waals surface area contributed by atoms with Crippen LogP contribution >= 0.6 is 0 Å². The van der Waals surface area contributed by atoms with Crippen molar-refractivity contribution in [2.75, 3.05) is 23.3 Å². The zero-order valence-electron chi connectivity index (χ0n) is 16.0. The summed E-state index contributed by atoms with van der Waals surface area (Å²) in [7, 11) is -2.35. The normalized spacial score (nSPS) is 13.9. The van der Waals surface area contributed by atoms with Gasteiger partial charge in [0.05, 0.1) is 7.11 Å². The largest absolute Gasteiger partial charge is 0.495 e. The molecule has 0 radical (unpaired) electrons. The molecule has 2 aromatic rings. The summed E-state index contributed by atoms with van der Waals surface area (Å²) in [5.41, 5.74) is 4.12. The highest BCUT2D eigenvalue weighted by atomic mass is 32.2. The van der Waals surface area contributed by atoms with Crippen molar-refractivity contribution in [1.82, 2.24) is 0 Å². The van der Waals surface area contributed by atoms with E-state index in [-0.39, 0.29) is 10.8 Å². The second-order valence-corrected chi connectivity index (χ2v) is 8.46. The van der Waals surface area contributed by atoms with Gasteiger partial charge in [-0.15, -0.1) is 0 Å². The molecule has 1 amide bonds. The van der Waals surface area contributed by atoms with Crippen LogP contribution in [-0.2, 0) is 21.2 Å². The number of amides is 1. The quantitative estimate of drug-likeness (QED) is 0.871. The first kappa shape index (κ1) is 19.2. The molecule has 144 valence electrons. The highest BCUT2D eigenvalue weighted by Crippen LogP contribution is 2.32. The van der Waals surface area contributed by atoms with Gasteiger partial charge in [-0.2, -0.15) is 0 Å². The van der Waals surface area contributed by atoms with Gasteiger partial charge in [0, 0.05) is 24.8 Å². The Kier molecular flexibility index (Phi) is 5.15. The molecular formula is C20H24N2O4S. The Morgan fingerprint density at radius 3 is 2.52 bits per heavy atom. The van der Waals surface area contributed by atoms with Crippen molar-refractivity contribution in [3.05, 3.63) is 47.0 Å². The van der Waals surface area contributed by atoms with Crippen molar-refractivity contribution in [2.24, 2.45) is 0 Å². The molecule has 1 aliphatic heterocycles. The second kappa shape index (κ2) is 7.23. The fourth-order valence-electron chi connectivity index (χ4n) is 3.33. The van der Waals surface area contributed by atoms with Crippen LogP contribution in [0.25, 0.3) is 0 Å². The number of nitrogens with one attached hydrogen (secondary N) is 1. The van der Waals surface area contributed by atoms with Gasteiger partial charge in [-0.1, -0.05) is 0 Å². The van der Waals surface area contributed by atoms with Gasteiger partial charge < -0.3 is 9.64 Å². The van der Waals surface area contributed by atoms with E-state index in [0.29, 0.717) is 18.0 Å². The Balaban J connectivity index is 1.96. The van der Waals surface area contributed by atoms with Crippen molar-refractivity contribution >= 4 is 27.3 Å². The van der Waals surface area contributed by atoms with Crippen molar-refractivity contribution in [2.45, 2.75) is 38.5 Å². The van der Waals surface area contributed by atoms with Gasteiger partial charge in [-0.05, 0) is 73.7 Å². The van der Waals surface area contributed by atoms with Crippen LogP contribution in [0.15, 0.2) is 35.2 Å². The third-order valence-corrected chi connectivity index (χ3v) is 6.30. The van der Waals surface area contributed by atoms with E-state index in [9.17, 15) is 13.2 Å². The van der Waals surface area contributed by atoms with Crippen LogP contribution in [0, 0.1) is 13.8 Å². The molecule has 7 heteroatoms. The number of fused-ring (bicyclic) bond motifs is 1. The minimum absolute atomic E-state index is 0.0100. The maximum atomic E-state index is 12.9. The van der Waals surface area contributed by atoms with Gasteiger partial charge in [-0.3, -0.25) is 9.52 Å². The molecule has 3 rings (SSSR count). The number of hydrogen-bond donors (Lipinski definition) is 1. The molecule has 6 nitrogen and oxygen atoms in total. The van der Waals surface area contributed by atoms with Crippen LogP contribution in [0.2, 0.25) is 0 Å². The summed E-state index contributed by atoms with van der Waals surface area (Å²) in [6.45, 7) is 6.00. The first-order chi connectivity index (χ1) is 12.7. The SMILES string of the molecule is COc1cc(C)c(C)cc1S(=O)(=O)Nc1ccc2c(c1)CCCN2C(C)=O. The Morgan fingerprint density at radius 2 is 1.85 bits per heavy atom. The lowest BCUT2D eigenvalue weighted by Crippen LogP contribution is -2.33. The van der Waals surface area contributed by atoms with Crippen LogP contribution in [0.1, 0.15) is 30.0 Å². The number of aryl methyl sites for hydroxylation is 3. The summed E-state index contributed by atoms with van der Waals surface area (Å²) in [4.78, 5) is 13.6. The molecule has 0 saturated carbocycles. The van der Waals surface area contributed by atoms with E-state index in [2.05, 4.69) is 4.72 Å². The molecule has 0 spiro atoms. The zero-order chi connectivity index (χ0) is 19.8. The summed E-state index contributed by atoms with van der Waals surface area (Å²) in [5.74, 6) is 0.301. The van der Waals surface area contributed by atoms with Gasteiger partial charge in [0.25, 0.3) is 10.0 Å². The minimum atomic E-state index is -3.81. The third-order valence-electron chi connectivity index (χ3n) is 4.90. The molecule has 1 N–H and O–H groups in total. The zero-order valence-corrected chi connectivity index (χ0v) is 16.8. The monoisotopic (exact) mass is 388 g/mol. The Bertz CT molecular complexity index is 999. The molecule has 0 aromatic heterocycles. The predicted molar refractivity (Wildman–Crippen MR) is 106 cm³/mol. The fraction of sp³-hybridized carbons (Fsp3) is 0.350. The number of ether oxygens (including phenoxy) is 1. The number of hydrogen-bond acceptors (Lipinski definition) is 4. The van der Waals surface area contributed by atoms with Crippen molar-refractivity contribution in [1.29, 1.82) is 0 Å². The van der Waals surface area contributed by atoms with E-state index in [0.717, 1.165) is 35.2 Å². The standard InChI is InChI=1S/C20H24N2O4S/c1-13-10-19(26-4)20(11-14(13)2)27(24,25)21-17-7-8-18-16(12-17)6-5-9-22(18)15(3)23/h7-8,10-12,21H,5-6,9H2,1-4H3. The average molecular weight is 388 g/mol. The smallest absolute Gasteiger partial charge is 0.265 e. The van der Waals surface area contributed by atoms with Crippen LogP contribution in [-0.4, -0.2) is 28.0 Å². The number of anilines is 2. The summed E-state index contributed by atoms with van der Waals surface area (Å²) in [5, 5.41) is 0. The van der Waals surface area contributed by atoms with Crippen LogP contribution in [0.3, 0.4) is 0 Å². The number of rotatable bonds is 4. The Hall–Kier alpha value is -2.54. The molecule has 27 heavy (non-hydrogen) atoms. The Labute approximate surface area is 160 Å². The van der Waals surface area contributed by atoms with Crippen LogP contribution < -0.4 is 14.4 Å². The maximum Gasteiger partial charge on any atom is 0.265 e. The highest BCUT2D eigenvalue weighted by Gasteiger charge is 2.23. The molecule has 1 heterocycles. The summed E-state index contributed by atoms with van der Waals surface area (Å²) < 4.78 is 33.8. The van der Waals surface area contributed by atoms with Crippen molar-refractivity contribution < 1.29 is 17.9 Å². The average Bonchev–Trinajstić information content (AvgIpc) is 2.62. The van der Waals surface area contributed by atoms with Crippen molar-refractivity contribution in [3.63, 3.8) is 0 Å². The topological polar surface area (TPSA) is 75.7 Å². The first-order valence-electron chi connectivity index (χ1n) is 8.82. The van der Waals surface area contributed by atoms with Gasteiger partial charge in [0.1, 0.15) is 10.6 Å². The van der Waals surface area contributed by atoms with E-state index < -0.39 is 10.0 Å². The molecule has 0 aliphatic carbocycles. The van der Waals surface area contributed by atoms with E-state index in [1.165, 1.54) is 14.0 Å². The fourth-order valence-corrected chi connectivity index (χ4v) is 4.62. The minimum Gasteiger partial charge on any atom is -0.495 e. The maximum absolute atomic E-state index is 12.9. The third kappa shape index (κ3) is 3.78. The highest BCUT2D eigenvalue weighted by molar-refractivity contribution is 7.92. The number of methoxy groups -OCH3 is 1. The molecule has 0 bridgehead atoms. The van der Waals surface area contributed by atoms with E-state index in [1.807, 2.05) is 13.8 Å². The summed E-state index contributed by atoms with van der Waals surface area (Å²) >= 11 is 0. The summed E-state index contributed by atoms with van der Waals surface area (Å²) in [6, 6.07) is 8.62. The van der Waals surface area contributed by atoms with Crippen LogP contribution in [0.4, 0.5) is 11.4 Å².